The van der Waals surface area contributed by atoms with Gasteiger partial charge in [0.05, 0.1) is 12.7 Å². The minimum Gasteiger partial charge on any atom is -0.461 e. The van der Waals surface area contributed by atoms with Crippen LogP contribution in [0.25, 0.3) is 0 Å². The summed E-state index contributed by atoms with van der Waals surface area (Å²) in [6.45, 7) is 2.72. The Kier molecular flexibility index (Phi) is 6.33. The van der Waals surface area contributed by atoms with Gasteiger partial charge in [0.25, 0.3) is 0 Å². The summed E-state index contributed by atoms with van der Waals surface area (Å²) in [6.07, 6.45) is 17.1. The summed E-state index contributed by atoms with van der Waals surface area (Å²) in [4.78, 5) is 0. The van der Waals surface area contributed by atoms with Crippen LogP contribution >= 0.6 is 0 Å². The molecular weight excluding hydrogens is 392 g/mol. The van der Waals surface area contributed by atoms with Gasteiger partial charge in [-0.1, -0.05) is 62.8 Å². The Bertz CT molecular complexity index is 720. The number of aryl methyl sites for hydroxylation is 1. The Labute approximate surface area is 182 Å². The second kappa shape index (κ2) is 9.15. The van der Waals surface area contributed by atoms with E-state index in [2.05, 4.69) is 19.1 Å². The Morgan fingerprint density at radius 3 is 2.20 bits per heavy atom. The molecule has 5 rings (SSSR count). The maximum atomic E-state index is 7.03. The van der Waals surface area contributed by atoms with Gasteiger partial charge >= 0.3 is 8.56 Å². The first-order valence-electron chi connectivity index (χ1n) is 12.1. The van der Waals surface area contributed by atoms with Gasteiger partial charge in [-0.3, -0.25) is 0 Å². The third-order valence-electron chi connectivity index (χ3n) is 7.61. The molecule has 0 N–H and O–H groups in total. The predicted molar refractivity (Wildman–Crippen MR) is 120 cm³/mol. The van der Waals surface area contributed by atoms with E-state index in [1.165, 1.54) is 64.2 Å². The Hall–Kier alpha value is -1.14. The van der Waals surface area contributed by atoms with Gasteiger partial charge in [-0.05, 0) is 50.3 Å². The van der Waals surface area contributed by atoms with E-state index in [1.807, 2.05) is 24.3 Å². The molecule has 3 fully saturated rings. The second-order valence-corrected chi connectivity index (χ2v) is 13.2. The number of para-hydroxylation sites is 1. The molecule has 2 aliphatic carbocycles. The van der Waals surface area contributed by atoms with Crippen LogP contribution in [0.4, 0.5) is 0 Å². The molecule has 164 valence electrons. The topological polar surface area (TPSA) is 36.9 Å². The average molecular weight is 429 g/mol. The summed E-state index contributed by atoms with van der Waals surface area (Å²) >= 11 is 0. The molecule has 1 aromatic rings. The highest BCUT2D eigenvalue weighted by Gasteiger charge is 2.57. The lowest BCUT2D eigenvalue weighted by molar-refractivity contribution is -0.162. The molecule has 0 amide bonds. The zero-order chi connectivity index (χ0) is 20.4. The normalized spacial score (nSPS) is 32.5. The summed E-state index contributed by atoms with van der Waals surface area (Å²) < 4.78 is 26.3. The molecule has 1 saturated heterocycles. The number of fused-ring (bicyclic) bond motifs is 1. The molecule has 0 unspecified atom stereocenters. The number of ether oxygens (including phenoxy) is 2. The van der Waals surface area contributed by atoms with Crippen molar-refractivity contribution in [3.05, 3.63) is 42.0 Å². The van der Waals surface area contributed by atoms with Crippen molar-refractivity contribution in [2.45, 2.75) is 101 Å². The molecule has 5 heteroatoms. The van der Waals surface area contributed by atoms with Crippen molar-refractivity contribution in [3.8, 4) is 5.75 Å². The van der Waals surface area contributed by atoms with Crippen molar-refractivity contribution >= 4 is 8.56 Å². The van der Waals surface area contributed by atoms with Crippen LogP contribution in [0.2, 0.25) is 11.1 Å². The van der Waals surface area contributed by atoms with E-state index < -0.39 is 8.56 Å². The highest BCUT2D eigenvalue weighted by atomic mass is 28.4. The van der Waals surface area contributed by atoms with Gasteiger partial charge in [0.1, 0.15) is 11.9 Å². The van der Waals surface area contributed by atoms with Crippen molar-refractivity contribution in [1.29, 1.82) is 0 Å². The van der Waals surface area contributed by atoms with Crippen LogP contribution in [0.3, 0.4) is 0 Å². The van der Waals surface area contributed by atoms with E-state index in [0.29, 0.717) is 17.7 Å². The van der Waals surface area contributed by atoms with Crippen molar-refractivity contribution in [2.24, 2.45) is 0 Å². The molecule has 2 aliphatic heterocycles. The van der Waals surface area contributed by atoms with E-state index in [-0.39, 0.29) is 18.5 Å². The summed E-state index contributed by atoms with van der Waals surface area (Å²) in [5.74, 6) is 0.872. The third kappa shape index (κ3) is 4.14. The van der Waals surface area contributed by atoms with E-state index in [9.17, 15) is 0 Å². The lowest BCUT2D eigenvalue weighted by Crippen LogP contribution is -2.62. The van der Waals surface area contributed by atoms with Crippen molar-refractivity contribution in [3.63, 3.8) is 0 Å². The van der Waals surface area contributed by atoms with Gasteiger partial charge < -0.3 is 18.3 Å². The zero-order valence-corrected chi connectivity index (χ0v) is 19.3. The fourth-order valence-corrected chi connectivity index (χ4v) is 11.1. The highest BCUT2D eigenvalue weighted by molar-refractivity contribution is 6.70. The van der Waals surface area contributed by atoms with E-state index >= 15 is 0 Å². The monoisotopic (exact) mass is 428 g/mol. The first-order chi connectivity index (χ1) is 14.7. The fourth-order valence-electron chi connectivity index (χ4n) is 5.98. The van der Waals surface area contributed by atoms with Crippen LogP contribution in [0, 0.1) is 6.92 Å². The molecule has 0 spiro atoms. The van der Waals surface area contributed by atoms with Gasteiger partial charge in [0, 0.05) is 11.1 Å². The summed E-state index contributed by atoms with van der Waals surface area (Å²) in [5, 5.41) is 0. The summed E-state index contributed by atoms with van der Waals surface area (Å²) in [5.41, 5.74) is 2.43. The zero-order valence-electron chi connectivity index (χ0n) is 18.3. The number of rotatable bonds is 4. The second-order valence-electron chi connectivity index (χ2n) is 9.60. The van der Waals surface area contributed by atoms with E-state index in [1.54, 1.807) is 0 Å². The maximum absolute atomic E-state index is 7.03. The smallest absolute Gasteiger partial charge is 0.345 e. The lowest BCUT2D eigenvalue weighted by Gasteiger charge is -2.51. The molecule has 4 nitrogen and oxygen atoms in total. The van der Waals surface area contributed by atoms with Gasteiger partial charge in [0.2, 0.25) is 6.29 Å². The summed E-state index contributed by atoms with van der Waals surface area (Å²) in [6, 6.07) is 8.08. The van der Waals surface area contributed by atoms with E-state index in [4.69, 9.17) is 18.3 Å². The highest BCUT2D eigenvalue weighted by Crippen LogP contribution is 2.51. The predicted octanol–water partition coefficient (Wildman–Crippen LogP) is 6.18. The van der Waals surface area contributed by atoms with E-state index in [0.717, 1.165) is 11.3 Å². The van der Waals surface area contributed by atoms with Gasteiger partial charge in [-0.15, -0.1) is 0 Å². The largest absolute Gasteiger partial charge is 0.461 e. The Balaban J connectivity index is 1.32. The quantitative estimate of drug-likeness (QED) is 0.424. The number of benzene rings is 1. The Morgan fingerprint density at radius 1 is 0.867 bits per heavy atom. The third-order valence-corrected chi connectivity index (χ3v) is 12.3. The van der Waals surface area contributed by atoms with Gasteiger partial charge in [-0.2, -0.15) is 0 Å². The molecule has 0 bridgehead atoms. The fraction of sp³-hybridized carbons (Fsp3) is 0.680. The minimum absolute atomic E-state index is 0.0194. The minimum atomic E-state index is -2.27. The molecule has 30 heavy (non-hydrogen) atoms. The van der Waals surface area contributed by atoms with Crippen molar-refractivity contribution in [2.75, 3.05) is 6.61 Å². The van der Waals surface area contributed by atoms with Crippen molar-refractivity contribution in [1.82, 2.24) is 0 Å². The maximum Gasteiger partial charge on any atom is 0.345 e. The van der Waals surface area contributed by atoms with Crippen molar-refractivity contribution < 1.29 is 18.3 Å². The van der Waals surface area contributed by atoms with Crippen LogP contribution in [0.15, 0.2) is 36.4 Å². The molecule has 2 heterocycles. The average Bonchev–Trinajstić information content (AvgIpc) is 2.81. The van der Waals surface area contributed by atoms with Gasteiger partial charge in [-0.25, -0.2) is 0 Å². The number of hydrogen-bond acceptors (Lipinski definition) is 4. The first kappa shape index (κ1) is 20.7. The van der Waals surface area contributed by atoms with Crippen LogP contribution in [-0.2, 0) is 13.6 Å². The molecule has 1 aromatic carbocycles. The van der Waals surface area contributed by atoms with Crippen LogP contribution in [-0.4, -0.2) is 33.7 Å². The SMILES string of the molecule is Cc1ccccc1O[C@@H]1C=C[C@@H]2O[Si](C3CCCCC3)(C3CCCCC3)OC[C@H]2O1. The molecule has 0 radical (unpaired) electrons. The molecule has 2 saturated carbocycles. The Morgan fingerprint density at radius 2 is 1.53 bits per heavy atom. The standard InChI is InChI=1S/C25H36O4Si/c1-19-10-8-9-15-22(19)27-25-17-16-23-24(28-25)18-26-30(29-23,20-11-4-2-5-12-20)21-13-6-3-7-14-21/h8-10,15-17,20-21,23-25H,2-7,11-14,18H2,1H3/t23-,24+,25-/m0/s1. The molecule has 0 aromatic heterocycles. The first-order valence-corrected chi connectivity index (χ1v) is 14.1. The molecule has 3 atom stereocenters. The molecular formula is C25H36O4Si. The molecule has 4 aliphatic rings. The summed E-state index contributed by atoms with van der Waals surface area (Å²) in [7, 11) is -2.27. The van der Waals surface area contributed by atoms with Gasteiger partial charge in [0.15, 0.2) is 0 Å². The number of hydrogen-bond donors (Lipinski definition) is 0. The van der Waals surface area contributed by atoms with Crippen LogP contribution in [0.1, 0.15) is 69.8 Å². The van der Waals surface area contributed by atoms with Crippen LogP contribution in [0.5, 0.6) is 5.75 Å². The van der Waals surface area contributed by atoms with Crippen LogP contribution < -0.4 is 4.74 Å². The lowest BCUT2D eigenvalue weighted by atomic mass is 9.99.